The van der Waals surface area contributed by atoms with Crippen LogP contribution in [-0.2, 0) is 15.1 Å². The number of anilines is 1. The summed E-state index contributed by atoms with van der Waals surface area (Å²) < 4.78 is 16.5. The molecule has 2 aromatic rings. The number of hydrogen-bond acceptors (Lipinski definition) is 6. The van der Waals surface area contributed by atoms with Crippen LogP contribution in [0.25, 0.3) is 11.5 Å². The van der Waals surface area contributed by atoms with Crippen molar-refractivity contribution in [1.82, 2.24) is 10.1 Å². The fourth-order valence-electron chi connectivity index (χ4n) is 2.55. The van der Waals surface area contributed by atoms with E-state index >= 15 is 0 Å². The van der Waals surface area contributed by atoms with Crippen LogP contribution in [0.4, 0.5) is 5.69 Å². The van der Waals surface area contributed by atoms with E-state index < -0.39 is 5.60 Å². The third-order valence-corrected chi connectivity index (χ3v) is 4.04. The molecule has 6 heteroatoms. The minimum atomic E-state index is -0.511. The number of nitrogens with zero attached hydrogens (tertiary/aromatic N) is 2. The first kappa shape index (κ1) is 14.0. The lowest BCUT2D eigenvalue weighted by atomic mass is 9.93. The molecule has 0 atom stereocenters. The molecule has 0 radical (unpaired) electrons. The number of ether oxygens (including phenoxy) is 2. The van der Waals surface area contributed by atoms with E-state index in [9.17, 15) is 0 Å². The average Bonchev–Trinajstić information content (AvgIpc) is 3.01. The van der Waals surface area contributed by atoms with E-state index in [0.29, 0.717) is 24.9 Å². The summed E-state index contributed by atoms with van der Waals surface area (Å²) in [4.78, 5) is 4.52. The Morgan fingerprint density at radius 3 is 2.71 bits per heavy atom. The molecule has 1 aliphatic heterocycles. The highest BCUT2D eigenvalue weighted by Gasteiger charge is 2.39. The van der Waals surface area contributed by atoms with Gasteiger partial charge in [-0.3, -0.25) is 0 Å². The van der Waals surface area contributed by atoms with Crippen LogP contribution in [-0.4, -0.2) is 30.5 Å². The maximum atomic E-state index is 5.83. The summed E-state index contributed by atoms with van der Waals surface area (Å²) >= 11 is 0. The van der Waals surface area contributed by atoms with Crippen molar-refractivity contribution in [3.05, 3.63) is 29.6 Å². The van der Waals surface area contributed by atoms with E-state index in [1.54, 1.807) is 7.11 Å². The molecule has 1 fully saturated rings. The summed E-state index contributed by atoms with van der Waals surface area (Å²) in [7, 11) is 1.68. The van der Waals surface area contributed by atoms with Crippen LogP contribution < -0.4 is 5.73 Å². The Hall–Kier alpha value is -1.92. The SMILES string of the molecule is COC1(c2noc(-c3ccc(N)c(C)c3)n2)CCOCC1. The van der Waals surface area contributed by atoms with Crippen molar-refractivity contribution in [2.24, 2.45) is 0 Å². The van der Waals surface area contributed by atoms with Crippen molar-refractivity contribution in [3.8, 4) is 11.5 Å². The molecule has 0 unspecified atom stereocenters. The fraction of sp³-hybridized carbons (Fsp3) is 0.467. The molecule has 0 amide bonds. The van der Waals surface area contributed by atoms with Crippen molar-refractivity contribution in [3.63, 3.8) is 0 Å². The van der Waals surface area contributed by atoms with E-state index in [-0.39, 0.29) is 0 Å². The van der Waals surface area contributed by atoms with Gasteiger partial charge in [-0.2, -0.15) is 4.98 Å². The molecule has 0 aliphatic carbocycles. The second kappa shape index (κ2) is 5.46. The Morgan fingerprint density at radius 2 is 2.05 bits per heavy atom. The average molecular weight is 289 g/mol. The van der Waals surface area contributed by atoms with Crippen LogP contribution in [0, 0.1) is 6.92 Å². The molecule has 1 saturated heterocycles. The molecule has 1 aromatic carbocycles. The zero-order chi connectivity index (χ0) is 14.9. The summed E-state index contributed by atoms with van der Waals surface area (Å²) in [5.74, 6) is 1.06. The zero-order valence-electron chi connectivity index (χ0n) is 12.3. The Labute approximate surface area is 123 Å². The van der Waals surface area contributed by atoms with E-state index in [1.807, 2.05) is 25.1 Å². The minimum Gasteiger partial charge on any atom is -0.399 e. The molecule has 2 N–H and O–H groups in total. The zero-order valence-corrected chi connectivity index (χ0v) is 12.3. The Morgan fingerprint density at radius 1 is 1.29 bits per heavy atom. The van der Waals surface area contributed by atoms with Crippen molar-refractivity contribution >= 4 is 5.69 Å². The molecular weight excluding hydrogens is 270 g/mol. The highest BCUT2D eigenvalue weighted by Crippen LogP contribution is 2.34. The second-order valence-corrected chi connectivity index (χ2v) is 5.31. The molecule has 0 saturated carbocycles. The van der Waals surface area contributed by atoms with Crippen molar-refractivity contribution < 1.29 is 14.0 Å². The van der Waals surface area contributed by atoms with Crippen LogP contribution in [0.1, 0.15) is 24.2 Å². The number of nitrogens with two attached hydrogens (primary N) is 1. The van der Waals surface area contributed by atoms with Gasteiger partial charge in [0.25, 0.3) is 5.89 Å². The predicted molar refractivity (Wildman–Crippen MR) is 77.6 cm³/mol. The molecule has 112 valence electrons. The van der Waals surface area contributed by atoms with Crippen LogP contribution in [0.3, 0.4) is 0 Å². The maximum absolute atomic E-state index is 5.83. The molecule has 21 heavy (non-hydrogen) atoms. The number of benzene rings is 1. The second-order valence-electron chi connectivity index (χ2n) is 5.31. The molecule has 3 rings (SSSR count). The molecule has 1 aromatic heterocycles. The first-order chi connectivity index (χ1) is 10.1. The molecule has 0 spiro atoms. The highest BCUT2D eigenvalue weighted by atomic mass is 16.5. The van der Waals surface area contributed by atoms with Crippen molar-refractivity contribution in [2.75, 3.05) is 26.1 Å². The van der Waals surface area contributed by atoms with Crippen LogP contribution in [0.2, 0.25) is 0 Å². The van der Waals surface area contributed by atoms with Gasteiger partial charge in [-0.05, 0) is 30.7 Å². The number of nitrogen functional groups attached to an aromatic ring is 1. The van der Waals surface area contributed by atoms with Gasteiger partial charge in [-0.1, -0.05) is 5.16 Å². The van der Waals surface area contributed by atoms with E-state index in [0.717, 1.165) is 29.7 Å². The fourth-order valence-corrected chi connectivity index (χ4v) is 2.55. The third-order valence-electron chi connectivity index (χ3n) is 4.04. The van der Waals surface area contributed by atoms with Crippen molar-refractivity contribution in [2.45, 2.75) is 25.4 Å². The Bertz CT molecular complexity index is 633. The number of hydrogen-bond donors (Lipinski definition) is 1. The largest absolute Gasteiger partial charge is 0.399 e. The van der Waals surface area contributed by atoms with Crippen LogP contribution >= 0.6 is 0 Å². The molecule has 0 bridgehead atoms. The smallest absolute Gasteiger partial charge is 0.258 e. The molecule has 6 nitrogen and oxygen atoms in total. The van der Waals surface area contributed by atoms with Gasteiger partial charge >= 0.3 is 0 Å². The topological polar surface area (TPSA) is 83.4 Å². The van der Waals surface area contributed by atoms with Gasteiger partial charge < -0.3 is 19.7 Å². The standard InChI is InChI=1S/C15H19N3O3/c1-10-9-11(3-4-12(10)16)13-17-14(18-21-13)15(19-2)5-7-20-8-6-15/h3-4,9H,5-8,16H2,1-2H3. The predicted octanol–water partition coefficient (Wildman–Crippen LogP) is 2.28. The van der Waals surface area contributed by atoms with E-state index in [1.165, 1.54) is 0 Å². The van der Waals surface area contributed by atoms with Crippen LogP contribution in [0.15, 0.2) is 22.7 Å². The lowest BCUT2D eigenvalue weighted by molar-refractivity contribution is -0.101. The summed E-state index contributed by atoms with van der Waals surface area (Å²) in [5, 5.41) is 4.11. The normalized spacial score (nSPS) is 17.8. The summed E-state index contributed by atoms with van der Waals surface area (Å²) in [6, 6.07) is 5.66. The lowest BCUT2D eigenvalue weighted by Crippen LogP contribution is -2.36. The lowest BCUT2D eigenvalue weighted by Gasteiger charge is -2.32. The first-order valence-corrected chi connectivity index (χ1v) is 6.98. The minimum absolute atomic E-state index is 0.482. The van der Waals surface area contributed by atoms with E-state index in [2.05, 4.69) is 10.1 Å². The van der Waals surface area contributed by atoms with Gasteiger partial charge in [0.15, 0.2) is 0 Å². The molecule has 1 aliphatic rings. The first-order valence-electron chi connectivity index (χ1n) is 6.98. The maximum Gasteiger partial charge on any atom is 0.258 e. The van der Waals surface area contributed by atoms with Gasteiger partial charge in [-0.15, -0.1) is 0 Å². The molecular formula is C15H19N3O3. The van der Waals surface area contributed by atoms with E-state index in [4.69, 9.17) is 19.7 Å². The summed E-state index contributed by atoms with van der Waals surface area (Å²) in [6.07, 6.45) is 1.45. The van der Waals surface area contributed by atoms with Gasteiger partial charge in [0.05, 0.1) is 0 Å². The van der Waals surface area contributed by atoms with Gasteiger partial charge in [0.2, 0.25) is 5.82 Å². The number of aryl methyl sites for hydroxylation is 1. The van der Waals surface area contributed by atoms with Crippen molar-refractivity contribution in [1.29, 1.82) is 0 Å². The molecule has 2 heterocycles. The summed E-state index contributed by atoms with van der Waals surface area (Å²) in [5.41, 5.74) is 7.91. The number of aromatic nitrogens is 2. The highest BCUT2D eigenvalue weighted by molar-refractivity contribution is 5.60. The van der Waals surface area contributed by atoms with Gasteiger partial charge in [0.1, 0.15) is 5.60 Å². The van der Waals surface area contributed by atoms with Gasteiger partial charge in [0, 0.05) is 44.4 Å². The Balaban J connectivity index is 1.93. The van der Waals surface area contributed by atoms with Crippen LogP contribution in [0.5, 0.6) is 0 Å². The Kier molecular flexibility index (Phi) is 3.65. The third kappa shape index (κ3) is 2.52. The monoisotopic (exact) mass is 289 g/mol. The summed E-state index contributed by atoms with van der Waals surface area (Å²) in [6.45, 7) is 3.22. The number of methoxy groups -OCH3 is 1. The quantitative estimate of drug-likeness (QED) is 0.873. The van der Waals surface area contributed by atoms with Gasteiger partial charge in [-0.25, -0.2) is 0 Å². The number of rotatable bonds is 3.